The lowest BCUT2D eigenvalue weighted by atomic mass is 10.1. The first-order chi connectivity index (χ1) is 8.61. The van der Waals surface area contributed by atoms with Crippen LogP contribution in [0.1, 0.15) is 5.56 Å². The molecule has 0 saturated carbocycles. The van der Waals surface area contributed by atoms with Crippen LogP contribution >= 0.6 is 0 Å². The monoisotopic (exact) mass is 244 g/mol. The highest BCUT2D eigenvalue weighted by Gasteiger charge is 2.09. The van der Waals surface area contributed by atoms with E-state index in [2.05, 4.69) is 9.97 Å². The molecular weight excluding hydrogens is 228 g/mol. The summed E-state index contributed by atoms with van der Waals surface area (Å²) in [5, 5.41) is 0. The van der Waals surface area contributed by atoms with Crippen LogP contribution in [-0.4, -0.2) is 24.1 Å². The average molecular weight is 244 g/mol. The van der Waals surface area contributed by atoms with E-state index in [1.165, 1.54) is 0 Å². The summed E-state index contributed by atoms with van der Waals surface area (Å²) in [6, 6.07) is 7.72. The number of anilines is 3. The summed E-state index contributed by atoms with van der Waals surface area (Å²) in [6.07, 6.45) is 1.64. The van der Waals surface area contributed by atoms with Crippen molar-refractivity contribution in [3.8, 4) is 5.75 Å². The summed E-state index contributed by atoms with van der Waals surface area (Å²) in [5.41, 5.74) is 7.75. The van der Waals surface area contributed by atoms with Crippen molar-refractivity contribution in [2.75, 3.05) is 24.8 Å². The molecule has 0 aliphatic carbocycles. The molecule has 0 atom stereocenters. The Labute approximate surface area is 106 Å². The number of aryl methyl sites for hydroxylation is 1. The summed E-state index contributed by atoms with van der Waals surface area (Å²) in [7, 11) is 3.58. The zero-order valence-electron chi connectivity index (χ0n) is 10.7. The molecule has 0 radical (unpaired) electrons. The van der Waals surface area contributed by atoms with Gasteiger partial charge in [-0.1, -0.05) is 6.07 Å². The van der Waals surface area contributed by atoms with E-state index in [9.17, 15) is 0 Å². The number of aromatic nitrogens is 2. The Bertz CT molecular complexity index is 556. The van der Waals surface area contributed by atoms with E-state index < -0.39 is 0 Å². The molecule has 18 heavy (non-hydrogen) atoms. The van der Waals surface area contributed by atoms with E-state index in [0.29, 0.717) is 0 Å². The van der Waals surface area contributed by atoms with Gasteiger partial charge in [0.1, 0.15) is 11.6 Å². The van der Waals surface area contributed by atoms with Crippen molar-refractivity contribution in [1.29, 1.82) is 0 Å². The molecule has 5 nitrogen and oxygen atoms in total. The Hall–Kier alpha value is -2.30. The first kappa shape index (κ1) is 12.2. The Balaban J connectivity index is 2.41. The third-order valence-corrected chi connectivity index (χ3v) is 2.78. The summed E-state index contributed by atoms with van der Waals surface area (Å²) in [6.45, 7) is 2.04. The molecule has 0 unspecified atom stereocenters. The lowest BCUT2D eigenvalue weighted by molar-refractivity contribution is 0.415. The smallest absolute Gasteiger partial charge is 0.221 e. The van der Waals surface area contributed by atoms with Gasteiger partial charge >= 0.3 is 0 Å². The lowest BCUT2D eigenvalue weighted by Gasteiger charge is -2.21. The highest BCUT2D eigenvalue weighted by atomic mass is 16.5. The number of rotatable bonds is 3. The maximum atomic E-state index is 5.60. The van der Waals surface area contributed by atoms with Crippen molar-refractivity contribution in [3.63, 3.8) is 0 Å². The molecule has 1 aromatic carbocycles. The minimum absolute atomic E-state index is 0.264. The van der Waals surface area contributed by atoms with E-state index >= 15 is 0 Å². The molecular formula is C13H16N4O. The van der Waals surface area contributed by atoms with Crippen molar-refractivity contribution >= 4 is 17.5 Å². The highest BCUT2D eigenvalue weighted by molar-refractivity contribution is 5.65. The predicted octanol–water partition coefficient (Wildman–Crippen LogP) is 2.14. The summed E-state index contributed by atoms with van der Waals surface area (Å²) >= 11 is 0. The summed E-state index contributed by atoms with van der Waals surface area (Å²) in [5.74, 6) is 1.82. The molecule has 0 bridgehead atoms. The number of hydrogen-bond donors (Lipinski definition) is 1. The van der Waals surface area contributed by atoms with Gasteiger partial charge in [0.25, 0.3) is 0 Å². The second kappa shape index (κ2) is 4.91. The van der Waals surface area contributed by atoms with Gasteiger partial charge < -0.3 is 15.4 Å². The first-order valence-corrected chi connectivity index (χ1v) is 5.58. The molecule has 0 amide bonds. The second-order valence-electron chi connectivity index (χ2n) is 3.98. The quantitative estimate of drug-likeness (QED) is 0.896. The van der Waals surface area contributed by atoms with Gasteiger partial charge in [-0.25, -0.2) is 4.98 Å². The first-order valence-electron chi connectivity index (χ1n) is 5.58. The van der Waals surface area contributed by atoms with Gasteiger partial charge in [0.15, 0.2) is 0 Å². The maximum Gasteiger partial charge on any atom is 0.221 e. The minimum Gasteiger partial charge on any atom is -0.497 e. The molecule has 1 aromatic heterocycles. The minimum atomic E-state index is 0.264. The van der Waals surface area contributed by atoms with Crippen LogP contribution in [0.4, 0.5) is 17.5 Å². The van der Waals surface area contributed by atoms with Crippen LogP contribution in [0.2, 0.25) is 0 Å². The van der Waals surface area contributed by atoms with Gasteiger partial charge in [-0.2, -0.15) is 4.98 Å². The third-order valence-electron chi connectivity index (χ3n) is 2.78. The fourth-order valence-electron chi connectivity index (χ4n) is 1.75. The molecule has 2 N–H and O–H groups in total. The van der Waals surface area contributed by atoms with Gasteiger partial charge in [0.05, 0.1) is 7.11 Å². The van der Waals surface area contributed by atoms with Crippen molar-refractivity contribution in [2.45, 2.75) is 6.92 Å². The largest absolute Gasteiger partial charge is 0.497 e. The second-order valence-corrected chi connectivity index (χ2v) is 3.98. The van der Waals surface area contributed by atoms with Crippen LogP contribution < -0.4 is 15.4 Å². The van der Waals surface area contributed by atoms with Crippen LogP contribution in [0.25, 0.3) is 0 Å². The molecule has 5 heteroatoms. The standard InChI is InChI=1S/C13H16N4O/c1-9-4-5-10(18-3)8-11(9)17(2)12-6-7-15-13(14)16-12/h4-8H,1-3H3,(H2,14,15,16). The number of hydrogen-bond acceptors (Lipinski definition) is 5. The van der Waals surface area contributed by atoms with E-state index in [1.54, 1.807) is 13.3 Å². The van der Waals surface area contributed by atoms with Gasteiger partial charge in [0, 0.05) is 25.0 Å². The van der Waals surface area contributed by atoms with Crippen LogP contribution in [0.3, 0.4) is 0 Å². The number of ether oxygens (including phenoxy) is 1. The molecule has 0 aliphatic heterocycles. The van der Waals surface area contributed by atoms with Crippen LogP contribution in [0, 0.1) is 6.92 Å². The predicted molar refractivity (Wildman–Crippen MR) is 72.2 cm³/mol. The van der Waals surface area contributed by atoms with Crippen molar-refractivity contribution in [3.05, 3.63) is 36.0 Å². The summed E-state index contributed by atoms with van der Waals surface area (Å²) < 4.78 is 5.24. The van der Waals surface area contributed by atoms with Crippen LogP contribution in [-0.2, 0) is 0 Å². The van der Waals surface area contributed by atoms with Crippen molar-refractivity contribution in [1.82, 2.24) is 9.97 Å². The normalized spacial score (nSPS) is 10.2. The number of benzene rings is 1. The number of methoxy groups -OCH3 is 1. The fraction of sp³-hybridized carbons (Fsp3) is 0.231. The summed E-state index contributed by atoms with van der Waals surface area (Å²) in [4.78, 5) is 10.0. The topological polar surface area (TPSA) is 64.3 Å². The molecule has 94 valence electrons. The fourth-order valence-corrected chi connectivity index (χ4v) is 1.75. The average Bonchev–Trinajstić information content (AvgIpc) is 2.38. The molecule has 1 heterocycles. The number of nitrogens with zero attached hydrogens (tertiary/aromatic N) is 3. The number of nitrogen functional groups attached to an aromatic ring is 1. The number of nitrogens with two attached hydrogens (primary N) is 1. The van der Waals surface area contributed by atoms with E-state index in [4.69, 9.17) is 10.5 Å². The Morgan fingerprint density at radius 3 is 2.72 bits per heavy atom. The third kappa shape index (κ3) is 2.34. The van der Waals surface area contributed by atoms with Crippen molar-refractivity contribution in [2.24, 2.45) is 0 Å². The van der Waals surface area contributed by atoms with Crippen molar-refractivity contribution < 1.29 is 4.74 Å². The molecule has 0 saturated heterocycles. The zero-order chi connectivity index (χ0) is 13.1. The van der Waals surface area contributed by atoms with E-state index in [1.807, 2.05) is 43.1 Å². The SMILES string of the molecule is COc1ccc(C)c(N(C)c2ccnc(N)n2)c1. The highest BCUT2D eigenvalue weighted by Crippen LogP contribution is 2.29. The molecule has 0 aliphatic rings. The Morgan fingerprint density at radius 2 is 2.06 bits per heavy atom. The van der Waals surface area contributed by atoms with E-state index in [-0.39, 0.29) is 5.95 Å². The Morgan fingerprint density at radius 1 is 1.28 bits per heavy atom. The molecule has 0 fully saturated rings. The van der Waals surface area contributed by atoms with Crippen LogP contribution in [0.5, 0.6) is 5.75 Å². The Kier molecular flexibility index (Phi) is 3.32. The van der Waals surface area contributed by atoms with Gasteiger partial charge in [-0.05, 0) is 24.6 Å². The molecule has 2 aromatic rings. The lowest BCUT2D eigenvalue weighted by Crippen LogP contribution is -2.13. The zero-order valence-corrected chi connectivity index (χ0v) is 10.7. The van der Waals surface area contributed by atoms with Crippen LogP contribution in [0.15, 0.2) is 30.5 Å². The van der Waals surface area contributed by atoms with Gasteiger partial charge in [-0.15, -0.1) is 0 Å². The van der Waals surface area contributed by atoms with Gasteiger partial charge in [0.2, 0.25) is 5.95 Å². The molecule has 0 spiro atoms. The van der Waals surface area contributed by atoms with Gasteiger partial charge in [-0.3, -0.25) is 0 Å². The maximum absolute atomic E-state index is 5.60. The molecule has 2 rings (SSSR count). The van der Waals surface area contributed by atoms with E-state index in [0.717, 1.165) is 22.8 Å².